The molecule has 3 heteroatoms. The van der Waals surface area contributed by atoms with E-state index in [9.17, 15) is 5.11 Å². The molecule has 0 spiro atoms. The number of phenols is 1. The smallest absolute Gasteiger partial charge is 0.117 e. The van der Waals surface area contributed by atoms with Gasteiger partial charge in [-0.25, -0.2) is 4.68 Å². The van der Waals surface area contributed by atoms with Crippen LogP contribution in [0.2, 0.25) is 0 Å². The molecule has 0 fully saturated rings. The Hall–Kier alpha value is -1.77. The molecule has 2 aromatic rings. The van der Waals surface area contributed by atoms with Crippen molar-refractivity contribution in [1.82, 2.24) is 9.78 Å². The fourth-order valence-electron chi connectivity index (χ4n) is 1.30. The zero-order valence-corrected chi connectivity index (χ0v) is 7.31. The lowest BCUT2D eigenvalue weighted by Crippen LogP contribution is -1.93. The number of hydrogen-bond acceptors (Lipinski definition) is 2. The van der Waals surface area contributed by atoms with Gasteiger partial charge in [0, 0.05) is 18.5 Å². The van der Waals surface area contributed by atoms with E-state index in [4.69, 9.17) is 0 Å². The summed E-state index contributed by atoms with van der Waals surface area (Å²) in [7, 11) is 0. The lowest BCUT2D eigenvalue weighted by Gasteiger charge is -2.03. The summed E-state index contributed by atoms with van der Waals surface area (Å²) in [5.41, 5.74) is 1.90. The van der Waals surface area contributed by atoms with E-state index in [1.807, 2.05) is 25.3 Å². The van der Waals surface area contributed by atoms with Crippen LogP contribution in [0, 0.1) is 6.92 Å². The highest BCUT2D eigenvalue weighted by molar-refractivity contribution is 5.41. The lowest BCUT2D eigenvalue weighted by molar-refractivity contribution is 0.474. The van der Waals surface area contributed by atoms with Crippen LogP contribution in [0.1, 0.15) is 5.56 Å². The number of aromatic nitrogens is 2. The number of hydrogen-bond donors (Lipinski definition) is 1. The molecule has 1 aromatic carbocycles. The van der Waals surface area contributed by atoms with Crippen molar-refractivity contribution in [1.29, 1.82) is 0 Å². The molecule has 1 heterocycles. The zero-order valence-electron chi connectivity index (χ0n) is 7.31. The van der Waals surface area contributed by atoms with Crippen LogP contribution < -0.4 is 0 Å². The van der Waals surface area contributed by atoms with Crippen LogP contribution in [0.4, 0.5) is 0 Å². The Balaban J connectivity index is 2.53. The molecule has 0 atom stereocenters. The molecular formula is C10H10N2O. The van der Waals surface area contributed by atoms with Crippen molar-refractivity contribution < 1.29 is 5.11 Å². The van der Waals surface area contributed by atoms with Gasteiger partial charge in [0.15, 0.2) is 0 Å². The van der Waals surface area contributed by atoms with Crippen molar-refractivity contribution in [3.8, 4) is 11.4 Å². The summed E-state index contributed by atoms with van der Waals surface area (Å²) in [6.45, 7) is 1.94. The third-order valence-electron chi connectivity index (χ3n) is 1.82. The standard InChI is InChI=1S/C10H10N2O/c1-8-5-9(7-10(13)6-8)12-4-2-3-11-12/h2-7,13H,1H3. The van der Waals surface area contributed by atoms with Crippen molar-refractivity contribution in [2.24, 2.45) is 0 Å². The van der Waals surface area contributed by atoms with Crippen LogP contribution in [0.3, 0.4) is 0 Å². The second-order valence-corrected chi connectivity index (χ2v) is 2.98. The van der Waals surface area contributed by atoms with Gasteiger partial charge in [-0.15, -0.1) is 0 Å². The average molecular weight is 174 g/mol. The van der Waals surface area contributed by atoms with Gasteiger partial charge in [-0.3, -0.25) is 0 Å². The summed E-state index contributed by atoms with van der Waals surface area (Å²) in [6.07, 6.45) is 3.55. The van der Waals surface area contributed by atoms with Crippen molar-refractivity contribution in [2.45, 2.75) is 6.92 Å². The van der Waals surface area contributed by atoms with Gasteiger partial charge >= 0.3 is 0 Å². The average Bonchev–Trinajstić information content (AvgIpc) is 2.53. The molecule has 0 aliphatic rings. The molecule has 0 bridgehead atoms. The first kappa shape index (κ1) is 7.86. The Morgan fingerprint density at radius 1 is 1.31 bits per heavy atom. The Kier molecular flexibility index (Phi) is 1.77. The Bertz CT molecular complexity index is 387. The number of phenolic OH excluding ortho intramolecular Hbond substituents is 1. The molecular weight excluding hydrogens is 164 g/mol. The summed E-state index contributed by atoms with van der Waals surface area (Å²) < 4.78 is 1.72. The molecule has 0 aliphatic carbocycles. The molecule has 0 unspecified atom stereocenters. The maximum absolute atomic E-state index is 9.35. The highest BCUT2D eigenvalue weighted by atomic mass is 16.3. The van der Waals surface area contributed by atoms with Crippen molar-refractivity contribution in [3.63, 3.8) is 0 Å². The minimum absolute atomic E-state index is 0.269. The first-order valence-electron chi connectivity index (χ1n) is 4.06. The van der Waals surface area contributed by atoms with Gasteiger partial charge < -0.3 is 5.11 Å². The molecule has 0 amide bonds. The number of nitrogens with zero attached hydrogens (tertiary/aromatic N) is 2. The second kappa shape index (κ2) is 2.94. The molecule has 3 nitrogen and oxygen atoms in total. The van der Waals surface area contributed by atoms with Crippen molar-refractivity contribution in [2.75, 3.05) is 0 Å². The summed E-state index contributed by atoms with van der Waals surface area (Å²) in [6, 6.07) is 7.21. The van der Waals surface area contributed by atoms with E-state index in [0.29, 0.717) is 0 Å². The van der Waals surface area contributed by atoms with Crippen LogP contribution in [0.15, 0.2) is 36.7 Å². The van der Waals surface area contributed by atoms with Crippen LogP contribution in [0.25, 0.3) is 5.69 Å². The molecule has 0 saturated heterocycles. The van der Waals surface area contributed by atoms with E-state index < -0.39 is 0 Å². The maximum Gasteiger partial charge on any atom is 0.117 e. The fraction of sp³-hybridized carbons (Fsp3) is 0.100. The molecule has 1 aromatic heterocycles. The Morgan fingerprint density at radius 2 is 2.15 bits per heavy atom. The predicted molar refractivity (Wildman–Crippen MR) is 50.0 cm³/mol. The van der Waals surface area contributed by atoms with E-state index in [2.05, 4.69) is 5.10 Å². The second-order valence-electron chi connectivity index (χ2n) is 2.98. The van der Waals surface area contributed by atoms with Crippen LogP contribution >= 0.6 is 0 Å². The van der Waals surface area contributed by atoms with Crippen LogP contribution in [-0.4, -0.2) is 14.9 Å². The summed E-state index contributed by atoms with van der Waals surface area (Å²) in [5.74, 6) is 0.269. The van der Waals surface area contributed by atoms with Gasteiger partial charge in [0.05, 0.1) is 5.69 Å². The van der Waals surface area contributed by atoms with Gasteiger partial charge in [-0.1, -0.05) is 0 Å². The monoisotopic (exact) mass is 174 g/mol. The highest BCUT2D eigenvalue weighted by Crippen LogP contribution is 2.17. The van der Waals surface area contributed by atoms with Gasteiger partial charge in [-0.2, -0.15) is 5.10 Å². The highest BCUT2D eigenvalue weighted by Gasteiger charge is 1.98. The molecule has 2 rings (SSSR count). The molecule has 66 valence electrons. The lowest BCUT2D eigenvalue weighted by atomic mass is 10.2. The minimum atomic E-state index is 0.269. The molecule has 1 N–H and O–H groups in total. The number of aryl methyl sites for hydroxylation is 1. The van der Waals surface area contributed by atoms with Crippen molar-refractivity contribution in [3.05, 3.63) is 42.2 Å². The Labute approximate surface area is 76.3 Å². The number of benzene rings is 1. The topological polar surface area (TPSA) is 38.0 Å². The van der Waals surface area contributed by atoms with Crippen LogP contribution in [-0.2, 0) is 0 Å². The number of rotatable bonds is 1. The molecule has 0 radical (unpaired) electrons. The zero-order chi connectivity index (χ0) is 9.26. The summed E-state index contributed by atoms with van der Waals surface area (Å²) in [4.78, 5) is 0. The molecule has 0 saturated carbocycles. The van der Waals surface area contributed by atoms with Crippen LogP contribution in [0.5, 0.6) is 5.75 Å². The first-order valence-corrected chi connectivity index (χ1v) is 4.06. The van der Waals surface area contributed by atoms with Gasteiger partial charge in [0.1, 0.15) is 5.75 Å². The van der Waals surface area contributed by atoms with Crippen molar-refractivity contribution >= 4 is 0 Å². The fourth-order valence-corrected chi connectivity index (χ4v) is 1.30. The van der Waals surface area contributed by atoms with Gasteiger partial charge in [0.25, 0.3) is 0 Å². The normalized spacial score (nSPS) is 10.2. The minimum Gasteiger partial charge on any atom is -0.508 e. The predicted octanol–water partition coefficient (Wildman–Crippen LogP) is 1.89. The molecule has 0 aliphatic heterocycles. The van der Waals surface area contributed by atoms with Gasteiger partial charge in [-0.05, 0) is 30.7 Å². The summed E-state index contributed by atoms with van der Waals surface area (Å²) >= 11 is 0. The Morgan fingerprint density at radius 3 is 2.77 bits per heavy atom. The van der Waals surface area contributed by atoms with E-state index in [0.717, 1.165) is 11.3 Å². The van der Waals surface area contributed by atoms with E-state index in [1.54, 1.807) is 23.0 Å². The van der Waals surface area contributed by atoms with E-state index in [-0.39, 0.29) is 5.75 Å². The third-order valence-corrected chi connectivity index (χ3v) is 1.82. The van der Waals surface area contributed by atoms with E-state index in [1.165, 1.54) is 0 Å². The SMILES string of the molecule is Cc1cc(O)cc(-n2cccn2)c1. The van der Waals surface area contributed by atoms with E-state index >= 15 is 0 Å². The van der Waals surface area contributed by atoms with Gasteiger partial charge in [0.2, 0.25) is 0 Å². The number of aromatic hydroxyl groups is 1. The quantitative estimate of drug-likeness (QED) is 0.716. The first-order chi connectivity index (χ1) is 6.25. The largest absolute Gasteiger partial charge is 0.508 e. The summed E-state index contributed by atoms with van der Waals surface area (Å²) in [5, 5.41) is 13.4. The maximum atomic E-state index is 9.35. The molecule has 13 heavy (non-hydrogen) atoms. The third kappa shape index (κ3) is 1.54.